The number of carboxylic acid groups (broad SMARTS) is 1. The number of hydrogen-bond acceptors (Lipinski definition) is 8. The fourth-order valence-corrected chi connectivity index (χ4v) is 4.11. The first-order chi connectivity index (χ1) is 16.0. The molecule has 1 aliphatic rings. The number of aromatic nitrogens is 5. The Labute approximate surface area is 193 Å². The van der Waals surface area contributed by atoms with Crippen LogP contribution >= 0.6 is 0 Å². The van der Waals surface area contributed by atoms with E-state index in [-0.39, 0.29) is 12.5 Å². The van der Waals surface area contributed by atoms with Crippen molar-refractivity contribution in [3.8, 4) is 11.6 Å². The summed E-state index contributed by atoms with van der Waals surface area (Å²) in [5.74, 6) is 1.29. The molecular weight excluding hydrogens is 418 g/mol. The van der Waals surface area contributed by atoms with Gasteiger partial charge >= 0.3 is 5.97 Å². The molecule has 4 rings (SSSR count). The molecule has 9 heteroatoms. The van der Waals surface area contributed by atoms with Gasteiger partial charge in [0.25, 0.3) is 0 Å². The smallest absolute Gasteiger partial charge is 0.303 e. The van der Waals surface area contributed by atoms with Gasteiger partial charge in [0.1, 0.15) is 5.82 Å². The average Bonchev–Trinajstić information content (AvgIpc) is 2.81. The van der Waals surface area contributed by atoms with E-state index in [9.17, 15) is 4.79 Å². The highest BCUT2D eigenvalue weighted by atomic mass is 16.4. The van der Waals surface area contributed by atoms with E-state index in [1.54, 1.807) is 18.5 Å². The van der Waals surface area contributed by atoms with E-state index >= 15 is 0 Å². The Morgan fingerprint density at radius 2 is 1.94 bits per heavy atom. The van der Waals surface area contributed by atoms with Gasteiger partial charge in [-0.25, -0.2) is 24.9 Å². The van der Waals surface area contributed by atoms with Crippen LogP contribution in [-0.2, 0) is 11.2 Å². The zero-order valence-electron chi connectivity index (χ0n) is 19.0. The standard InChI is InChI=1S/C24H29N7O2/c1-16-13-18(25-9-5-3-4-7-22(32)33)14-21(29-16)31-12-8-20-19(17(31)2)15-28-24(30-20)23-26-10-6-11-27-23/h6,10-11,13-15,17H,3-5,7-9,12H2,1-2H3,(H,25,29)(H,32,33). The van der Waals surface area contributed by atoms with Gasteiger partial charge in [0.15, 0.2) is 11.6 Å². The van der Waals surface area contributed by atoms with Gasteiger partial charge in [-0.3, -0.25) is 4.79 Å². The highest BCUT2D eigenvalue weighted by Gasteiger charge is 2.27. The summed E-state index contributed by atoms with van der Waals surface area (Å²) < 4.78 is 0. The van der Waals surface area contributed by atoms with Gasteiger partial charge < -0.3 is 15.3 Å². The van der Waals surface area contributed by atoms with Crippen molar-refractivity contribution in [3.05, 3.63) is 53.7 Å². The maximum atomic E-state index is 10.6. The monoisotopic (exact) mass is 447 g/mol. The minimum Gasteiger partial charge on any atom is -0.481 e. The van der Waals surface area contributed by atoms with E-state index in [4.69, 9.17) is 15.1 Å². The summed E-state index contributed by atoms with van der Waals surface area (Å²) in [6.45, 7) is 5.77. The van der Waals surface area contributed by atoms with E-state index < -0.39 is 5.97 Å². The number of nitrogens with one attached hydrogen (secondary N) is 1. The van der Waals surface area contributed by atoms with Crippen LogP contribution in [0.4, 0.5) is 11.5 Å². The number of carbonyl (C=O) groups is 1. The minimum absolute atomic E-state index is 0.0951. The zero-order chi connectivity index (χ0) is 23.2. The van der Waals surface area contributed by atoms with Crippen molar-refractivity contribution in [3.63, 3.8) is 0 Å². The van der Waals surface area contributed by atoms with Crippen LogP contribution in [-0.4, -0.2) is 49.1 Å². The lowest BCUT2D eigenvalue weighted by Gasteiger charge is -2.35. The second-order valence-electron chi connectivity index (χ2n) is 8.27. The fourth-order valence-electron chi connectivity index (χ4n) is 4.11. The number of unbranched alkanes of at least 4 members (excludes halogenated alkanes) is 2. The van der Waals surface area contributed by atoms with Crippen molar-refractivity contribution in [1.29, 1.82) is 0 Å². The Bertz CT molecular complexity index is 1110. The molecule has 3 aromatic heterocycles. The van der Waals surface area contributed by atoms with Crippen LogP contribution in [0.25, 0.3) is 11.6 Å². The Balaban J connectivity index is 1.44. The molecule has 0 spiro atoms. The van der Waals surface area contributed by atoms with Crippen LogP contribution in [0.3, 0.4) is 0 Å². The molecule has 1 atom stereocenters. The van der Waals surface area contributed by atoms with Crippen LogP contribution in [0, 0.1) is 6.92 Å². The van der Waals surface area contributed by atoms with Crippen molar-refractivity contribution in [2.75, 3.05) is 23.3 Å². The van der Waals surface area contributed by atoms with Gasteiger partial charge in [0.2, 0.25) is 0 Å². The number of hydrogen-bond donors (Lipinski definition) is 2. The molecule has 4 heterocycles. The van der Waals surface area contributed by atoms with Gasteiger partial charge in [0.05, 0.1) is 11.7 Å². The predicted octanol–water partition coefficient (Wildman–Crippen LogP) is 3.82. The minimum atomic E-state index is -0.732. The summed E-state index contributed by atoms with van der Waals surface area (Å²) in [4.78, 5) is 35.5. The molecule has 0 bridgehead atoms. The second kappa shape index (κ2) is 10.3. The molecule has 3 aromatic rings. The van der Waals surface area contributed by atoms with Gasteiger partial charge in [-0.15, -0.1) is 0 Å². The molecule has 9 nitrogen and oxygen atoms in total. The average molecular weight is 448 g/mol. The number of aliphatic carboxylic acids is 1. The topological polar surface area (TPSA) is 117 Å². The first-order valence-corrected chi connectivity index (χ1v) is 11.4. The quantitative estimate of drug-likeness (QED) is 0.472. The van der Waals surface area contributed by atoms with Crippen LogP contribution in [0.5, 0.6) is 0 Å². The number of anilines is 2. The molecule has 0 aliphatic carbocycles. The van der Waals surface area contributed by atoms with Crippen LogP contribution in [0.2, 0.25) is 0 Å². The highest BCUT2D eigenvalue weighted by Crippen LogP contribution is 2.33. The lowest BCUT2D eigenvalue weighted by Crippen LogP contribution is -2.35. The number of pyridine rings is 1. The van der Waals surface area contributed by atoms with Crippen molar-refractivity contribution >= 4 is 17.5 Å². The third-order valence-electron chi connectivity index (χ3n) is 5.80. The molecule has 172 valence electrons. The van der Waals surface area contributed by atoms with Crippen molar-refractivity contribution in [2.45, 2.75) is 52.0 Å². The Kier molecular flexibility index (Phi) is 7.07. The summed E-state index contributed by atoms with van der Waals surface area (Å²) in [6.07, 6.45) is 8.84. The van der Waals surface area contributed by atoms with Crippen LogP contribution in [0.15, 0.2) is 36.8 Å². The lowest BCUT2D eigenvalue weighted by molar-refractivity contribution is -0.137. The molecule has 0 saturated heterocycles. The van der Waals surface area contributed by atoms with E-state index in [1.807, 2.05) is 19.2 Å². The van der Waals surface area contributed by atoms with Crippen LogP contribution in [0.1, 0.15) is 55.6 Å². The maximum absolute atomic E-state index is 10.6. The molecular formula is C24H29N7O2. The Morgan fingerprint density at radius 1 is 1.12 bits per heavy atom. The molecule has 0 saturated carbocycles. The number of aryl methyl sites for hydroxylation is 1. The molecule has 2 N–H and O–H groups in total. The highest BCUT2D eigenvalue weighted by molar-refractivity contribution is 5.66. The number of nitrogens with zero attached hydrogens (tertiary/aromatic N) is 6. The molecule has 1 unspecified atom stereocenters. The van der Waals surface area contributed by atoms with Crippen molar-refractivity contribution < 1.29 is 9.90 Å². The molecule has 0 aromatic carbocycles. The normalized spacial score (nSPS) is 15.2. The SMILES string of the molecule is Cc1cc(NCCCCCC(=O)O)cc(N2CCc3nc(-c4ncccn4)ncc3C2C)n1. The van der Waals surface area contributed by atoms with Crippen LogP contribution < -0.4 is 10.2 Å². The first-order valence-electron chi connectivity index (χ1n) is 11.4. The van der Waals surface area contributed by atoms with E-state index in [1.165, 1.54) is 0 Å². The molecule has 0 radical (unpaired) electrons. The third kappa shape index (κ3) is 5.60. The van der Waals surface area contributed by atoms with Gasteiger partial charge in [-0.2, -0.15) is 0 Å². The van der Waals surface area contributed by atoms with E-state index in [0.717, 1.165) is 60.8 Å². The van der Waals surface area contributed by atoms with Crippen molar-refractivity contribution in [1.82, 2.24) is 24.9 Å². The third-order valence-corrected chi connectivity index (χ3v) is 5.80. The summed E-state index contributed by atoms with van der Waals surface area (Å²) in [6, 6.07) is 5.99. The zero-order valence-corrected chi connectivity index (χ0v) is 19.0. The first kappa shape index (κ1) is 22.6. The van der Waals surface area contributed by atoms with E-state index in [0.29, 0.717) is 18.1 Å². The summed E-state index contributed by atoms with van der Waals surface area (Å²) in [7, 11) is 0. The molecule has 1 aliphatic heterocycles. The Morgan fingerprint density at radius 3 is 2.73 bits per heavy atom. The molecule has 0 amide bonds. The Hall–Kier alpha value is -3.62. The lowest BCUT2D eigenvalue weighted by atomic mass is 9.99. The van der Waals surface area contributed by atoms with Gasteiger partial charge in [-0.05, 0) is 38.8 Å². The second-order valence-corrected chi connectivity index (χ2v) is 8.27. The number of rotatable bonds is 9. The summed E-state index contributed by atoms with van der Waals surface area (Å²) >= 11 is 0. The van der Waals surface area contributed by atoms with Gasteiger partial charge in [-0.1, -0.05) is 6.42 Å². The number of fused-ring (bicyclic) bond motifs is 1. The predicted molar refractivity (Wildman–Crippen MR) is 126 cm³/mol. The largest absolute Gasteiger partial charge is 0.481 e. The summed E-state index contributed by atoms with van der Waals surface area (Å²) in [5, 5.41) is 12.2. The van der Waals surface area contributed by atoms with E-state index in [2.05, 4.69) is 38.2 Å². The van der Waals surface area contributed by atoms with Gasteiger partial charge in [0, 0.05) is 67.5 Å². The summed E-state index contributed by atoms with van der Waals surface area (Å²) in [5.41, 5.74) is 4.11. The van der Waals surface area contributed by atoms with Crippen molar-refractivity contribution in [2.24, 2.45) is 0 Å². The maximum Gasteiger partial charge on any atom is 0.303 e. The number of carboxylic acids is 1. The molecule has 0 fully saturated rings. The molecule has 33 heavy (non-hydrogen) atoms. The fraction of sp³-hybridized carbons (Fsp3) is 0.417.